The molecule has 3 rings (SSSR count). The largest absolute Gasteiger partial charge is 0.417 e. The molecule has 0 saturated carbocycles. The van der Waals surface area contributed by atoms with Crippen LogP contribution in [-0.2, 0) is 19.0 Å². The van der Waals surface area contributed by atoms with E-state index in [0.717, 1.165) is 36.4 Å². The van der Waals surface area contributed by atoms with E-state index in [9.17, 15) is 18.0 Å². The summed E-state index contributed by atoms with van der Waals surface area (Å²) in [7, 11) is 0. The van der Waals surface area contributed by atoms with Gasteiger partial charge in [0.15, 0.2) is 0 Å². The first kappa shape index (κ1) is 21.4. The number of nitrogens with zero attached hydrogens (tertiary/aromatic N) is 1. The summed E-state index contributed by atoms with van der Waals surface area (Å²) >= 11 is 5.58. The van der Waals surface area contributed by atoms with E-state index < -0.39 is 22.8 Å². The molecule has 1 aromatic heterocycles. The van der Waals surface area contributed by atoms with Crippen molar-refractivity contribution in [3.8, 4) is 0 Å². The number of anilines is 1. The molecule has 1 unspecified atom stereocenters. The molecule has 0 aliphatic heterocycles. The van der Waals surface area contributed by atoms with Gasteiger partial charge in [0, 0.05) is 30.0 Å². The first-order valence-electron chi connectivity index (χ1n) is 9.64. The van der Waals surface area contributed by atoms with E-state index in [-0.39, 0.29) is 5.69 Å². The molecule has 0 bridgehead atoms. The van der Waals surface area contributed by atoms with Crippen LogP contribution >= 0.6 is 11.6 Å². The number of rotatable bonds is 4. The number of aryl methyl sites for hydroxylation is 1. The minimum Gasteiger partial charge on any atom is -0.337 e. The maximum absolute atomic E-state index is 12.9. The lowest BCUT2D eigenvalue weighted by atomic mass is 9.99. The SMILES string of the molecule is CC1CCCCc2ccc(CCNC(=O)Nc3ccc(Cl)c(C(F)(F)F)c3)nc21. The molecule has 156 valence electrons. The number of carbonyl (C=O) groups excluding carboxylic acids is 1. The summed E-state index contributed by atoms with van der Waals surface area (Å²) in [4.78, 5) is 16.8. The van der Waals surface area contributed by atoms with Gasteiger partial charge in [0.1, 0.15) is 0 Å². The second kappa shape index (κ2) is 9.03. The Labute approximate surface area is 172 Å². The van der Waals surface area contributed by atoms with E-state index in [0.29, 0.717) is 18.9 Å². The zero-order valence-electron chi connectivity index (χ0n) is 16.1. The standard InChI is InChI=1S/C21H23ClF3N3O/c1-13-4-2-3-5-14-6-7-15(27-19(13)14)10-11-26-20(29)28-16-8-9-18(22)17(12-16)21(23,24)25/h6-9,12-13H,2-5,10-11H2,1H3,(H2,26,28,29). The lowest BCUT2D eigenvalue weighted by Crippen LogP contribution is -2.30. The lowest BCUT2D eigenvalue weighted by Gasteiger charge is -2.14. The highest BCUT2D eigenvalue weighted by atomic mass is 35.5. The number of halogens is 4. The molecule has 2 amide bonds. The number of carbonyl (C=O) groups is 1. The van der Waals surface area contributed by atoms with Gasteiger partial charge in [0.25, 0.3) is 0 Å². The molecule has 29 heavy (non-hydrogen) atoms. The van der Waals surface area contributed by atoms with Gasteiger partial charge >= 0.3 is 12.2 Å². The van der Waals surface area contributed by atoms with Crippen LogP contribution in [0.5, 0.6) is 0 Å². The molecule has 1 aliphatic rings. The molecule has 0 radical (unpaired) electrons. The molecule has 1 aromatic carbocycles. The van der Waals surface area contributed by atoms with Crippen LogP contribution in [-0.4, -0.2) is 17.6 Å². The van der Waals surface area contributed by atoms with Gasteiger partial charge < -0.3 is 10.6 Å². The van der Waals surface area contributed by atoms with Crippen LogP contribution < -0.4 is 10.6 Å². The summed E-state index contributed by atoms with van der Waals surface area (Å²) in [6.07, 6.45) is 0.525. The molecular weight excluding hydrogens is 403 g/mol. The van der Waals surface area contributed by atoms with E-state index in [2.05, 4.69) is 23.6 Å². The highest BCUT2D eigenvalue weighted by Crippen LogP contribution is 2.36. The number of fused-ring (bicyclic) bond motifs is 1. The molecular formula is C21H23ClF3N3O. The van der Waals surface area contributed by atoms with Gasteiger partial charge in [0.05, 0.1) is 10.6 Å². The lowest BCUT2D eigenvalue weighted by molar-refractivity contribution is -0.137. The van der Waals surface area contributed by atoms with Crippen molar-refractivity contribution in [3.63, 3.8) is 0 Å². The number of aromatic nitrogens is 1. The number of hydrogen-bond acceptors (Lipinski definition) is 2. The number of pyridine rings is 1. The fourth-order valence-electron chi connectivity index (χ4n) is 3.53. The monoisotopic (exact) mass is 425 g/mol. The van der Waals surface area contributed by atoms with Crippen molar-refractivity contribution in [3.05, 3.63) is 57.9 Å². The van der Waals surface area contributed by atoms with E-state index in [1.54, 1.807) is 0 Å². The number of nitrogens with one attached hydrogen (secondary N) is 2. The summed E-state index contributed by atoms with van der Waals surface area (Å²) in [5, 5.41) is 4.65. The summed E-state index contributed by atoms with van der Waals surface area (Å²) in [5.74, 6) is 0.427. The fraction of sp³-hybridized carbons (Fsp3) is 0.429. The van der Waals surface area contributed by atoms with Crippen LogP contribution in [0.3, 0.4) is 0 Å². The average molecular weight is 426 g/mol. The van der Waals surface area contributed by atoms with Crippen molar-refractivity contribution in [1.29, 1.82) is 0 Å². The minimum absolute atomic E-state index is 0.0243. The van der Waals surface area contributed by atoms with Gasteiger partial charge in [-0.05, 0) is 55.0 Å². The predicted octanol–water partition coefficient (Wildman–Crippen LogP) is 5.95. The Morgan fingerprint density at radius 3 is 2.79 bits per heavy atom. The predicted molar refractivity (Wildman–Crippen MR) is 107 cm³/mol. The van der Waals surface area contributed by atoms with Crippen molar-refractivity contribution >= 4 is 23.3 Å². The van der Waals surface area contributed by atoms with Crippen molar-refractivity contribution in [2.45, 2.75) is 51.1 Å². The first-order chi connectivity index (χ1) is 13.7. The molecule has 2 aromatic rings. The van der Waals surface area contributed by atoms with Gasteiger partial charge in [-0.1, -0.05) is 31.0 Å². The van der Waals surface area contributed by atoms with Crippen LogP contribution in [0.1, 0.15) is 54.6 Å². The Morgan fingerprint density at radius 1 is 1.24 bits per heavy atom. The van der Waals surface area contributed by atoms with Crippen molar-refractivity contribution < 1.29 is 18.0 Å². The van der Waals surface area contributed by atoms with Crippen molar-refractivity contribution in [1.82, 2.24) is 10.3 Å². The van der Waals surface area contributed by atoms with Crippen molar-refractivity contribution in [2.75, 3.05) is 11.9 Å². The summed E-state index contributed by atoms with van der Waals surface area (Å²) in [6.45, 7) is 2.51. The van der Waals surface area contributed by atoms with Crippen LogP contribution in [0.25, 0.3) is 0 Å². The Bertz CT molecular complexity index is 886. The summed E-state index contributed by atoms with van der Waals surface area (Å²) in [5.41, 5.74) is 2.37. The van der Waals surface area contributed by atoms with Crippen LogP contribution in [0.15, 0.2) is 30.3 Å². The highest BCUT2D eigenvalue weighted by Gasteiger charge is 2.33. The van der Waals surface area contributed by atoms with Crippen molar-refractivity contribution in [2.24, 2.45) is 0 Å². The van der Waals surface area contributed by atoms with E-state index in [1.165, 1.54) is 24.5 Å². The zero-order chi connectivity index (χ0) is 21.0. The van der Waals surface area contributed by atoms with Crippen LogP contribution in [0, 0.1) is 0 Å². The molecule has 1 atom stereocenters. The third kappa shape index (κ3) is 5.63. The first-order valence-corrected chi connectivity index (χ1v) is 10.0. The maximum atomic E-state index is 12.9. The maximum Gasteiger partial charge on any atom is 0.417 e. The van der Waals surface area contributed by atoms with Crippen LogP contribution in [0.2, 0.25) is 5.02 Å². The normalized spacial score (nSPS) is 16.7. The molecule has 1 heterocycles. The molecule has 1 aliphatic carbocycles. The third-order valence-corrected chi connectivity index (χ3v) is 5.40. The van der Waals surface area contributed by atoms with Gasteiger partial charge in [0.2, 0.25) is 0 Å². The van der Waals surface area contributed by atoms with Gasteiger partial charge in [-0.3, -0.25) is 4.98 Å². The number of urea groups is 1. The van der Waals surface area contributed by atoms with Gasteiger partial charge in [-0.15, -0.1) is 0 Å². The minimum atomic E-state index is -4.58. The number of hydrogen-bond donors (Lipinski definition) is 2. The molecule has 2 N–H and O–H groups in total. The second-order valence-electron chi connectivity index (χ2n) is 7.32. The zero-order valence-corrected chi connectivity index (χ0v) is 16.8. The van der Waals surface area contributed by atoms with Crippen LogP contribution in [0.4, 0.5) is 23.7 Å². The second-order valence-corrected chi connectivity index (χ2v) is 7.72. The molecule has 8 heteroatoms. The average Bonchev–Trinajstić information content (AvgIpc) is 2.84. The number of amides is 2. The topological polar surface area (TPSA) is 54.0 Å². The van der Waals surface area contributed by atoms with Gasteiger partial charge in [-0.2, -0.15) is 13.2 Å². The van der Waals surface area contributed by atoms with E-state index in [1.807, 2.05) is 6.07 Å². The molecule has 4 nitrogen and oxygen atoms in total. The Hall–Kier alpha value is -2.28. The highest BCUT2D eigenvalue weighted by molar-refractivity contribution is 6.31. The number of alkyl halides is 3. The third-order valence-electron chi connectivity index (χ3n) is 5.07. The molecule has 0 fully saturated rings. The summed E-state index contributed by atoms with van der Waals surface area (Å²) < 4.78 is 38.7. The Balaban J connectivity index is 1.56. The fourth-order valence-corrected chi connectivity index (χ4v) is 3.75. The molecule has 0 spiro atoms. The van der Waals surface area contributed by atoms with E-state index >= 15 is 0 Å². The van der Waals surface area contributed by atoms with E-state index in [4.69, 9.17) is 16.6 Å². The van der Waals surface area contributed by atoms with Gasteiger partial charge in [-0.25, -0.2) is 4.79 Å². The Morgan fingerprint density at radius 2 is 2.03 bits per heavy atom. The Kier molecular flexibility index (Phi) is 6.67. The number of benzene rings is 1. The quantitative estimate of drug-likeness (QED) is 0.595. The summed E-state index contributed by atoms with van der Waals surface area (Å²) in [6, 6.07) is 6.77. The molecule has 0 saturated heterocycles. The smallest absolute Gasteiger partial charge is 0.337 e.